The van der Waals surface area contributed by atoms with Crippen molar-refractivity contribution in [3.05, 3.63) is 33.4 Å². The lowest BCUT2D eigenvalue weighted by molar-refractivity contribution is -0.384. The number of rotatable bonds is 3. The third-order valence-electron chi connectivity index (χ3n) is 1.99. The van der Waals surface area contributed by atoms with Crippen molar-refractivity contribution in [3.63, 3.8) is 0 Å². The number of nitrogens with one attached hydrogen (secondary N) is 1. The fourth-order valence-electron chi connectivity index (χ4n) is 1.53. The number of nitro benzene ring substituents is 1. The summed E-state index contributed by atoms with van der Waals surface area (Å²) in [4.78, 5) is 10.5. The van der Waals surface area contributed by atoms with E-state index in [9.17, 15) is 10.1 Å². The van der Waals surface area contributed by atoms with Crippen molar-refractivity contribution in [3.8, 4) is 0 Å². The van der Waals surface area contributed by atoms with Crippen LogP contribution in [0.2, 0.25) is 0 Å². The molecule has 0 atom stereocenters. The summed E-state index contributed by atoms with van der Waals surface area (Å²) in [6, 6.07) is 3.62. The van der Waals surface area contributed by atoms with Crippen LogP contribution in [0.15, 0.2) is 12.1 Å². The van der Waals surface area contributed by atoms with Gasteiger partial charge in [0.1, 0.15) is 5.69 Å². The molecule has 4 nitrogen and oxygen atoms in total. The van der Waals surface area contributed by atoms with E-state index < -0.39 is 0 Å². The van der Waals surface area contributed by atoms with E-state index in [1.54, 1.807) is 13.0 Å². The third-order valence-corrected chi connectivity index (χ3v) is 1.99. The molecule has 0 aliphatic heterocycles. The number of hydrogen-bond donors (Lipinski definition) is 1. The van der Waals surface area contributed by atoms with Crippen molar-refractivity contribution >= 4 is 11.4 Å². The van der Waals surface area contributed by atoms with Gasteiger partial charge in [-0.15, -0.1) is 0 Å². The Morgan fingerprint density at radius 1 is 1.43 bits per heavy atom. The van der Waals surface area contributed by atoms with Crippen LogP contribution in [0.5, 0.6) is 0 Å². The molecule has 0 aliphatic rings. The van der Waals surface area contributed by atoms with Gasteiger partial charge in [-0.25, -0.2) is 0 Å². The Balaban J connectivity index is 3.28. The van der Waals surface area contributed by atoms with E-state index in [0.29, 0.717) is 17.8 Å². The molecule has 1 aromatic rings. The molecule has 0 radical (unpaired) electrons. The summed E-state index contributed by atoms with van der Waals surface area (Å²) >= 11 is 0. The molecule has 0 aromatic heterocycles. The third kappa shape index (κ3) is 2.02. The summed E-state index contributed by atoms with van der Waals surface area (Å²) in [5.41, 5.74) is 2.52. The maximum Gasteiger partial charge on any atom is 0.295 e. The van der Waals surface area contributed by atoms with Crippen molar-refractivity contribution in [1.29, 1.82) is 0 Å². The smallest absolute Gasteiger partial charge is 0.295 e. The van der Waals surface area contributed by atoms with Crippen LogP contribution < -0.4 is 5.32 Å². The summed E-state index contributed by atoms with van der Waals surface area (Å²) in [5, 5.41) is 13.8. The van der Waals surface area contributed by atoms with E-state index in [1.807, 2.05) is 19.9 Å². The van der Waals surface area contributed by atoms with Gasteiger partial charge in [-0.3, -0.25) is 10.1 Å². The zero-order valence-electron chi connectivity index (χ0n) is 8.63. The standard InChI is InChI=1S/C10H14N2O2/c1-4-11-9-6-7(2)5-8(3)10(9)12(13)14/h5-6,11H,4H2,1-3H3. The van der Waals surface area contributed by atoms with Crippen LogP contribution in [-0.2, 0) is 0 Å². The van der Waals surface area contributed by atoms with Crippen molar-refractivity contribution in [2.75, 3.05) is 11.9 Å². The molecule has 0 bridgehead atoms. The lowest BCUT2D eigenvalue weighted by Gasteiger charge is -2.07. The van der Waals surface area contributed by atoms with Gasteiger partial charge in [-0.05, 0) is 38.5 Å². The van der Waals surface area contributed by atoms with Gasteiger partial charge >= 0.3 is 0 Å². The topological polar surface area (TPSA) is 55.2 Å². The minimum atomic E-state index is -0.341. The minimum Gasteiger partial charge on any atom is -0.380 e. The Hall–Kier alpha value is -1.58. The monoisotopic (exact) mass is 194 g/mol. The maximum atomic E-state index is 10.8. The highest BCUT2D eigenvalue weighted by atomic mass is 16.6. The van der Waals surface area contributed by atoms with E-state index in [-0.39, 0.29) is 10.6 Å². The van der Waals surface area contributed by atoms with Gasteiger partial charge in [0.05, 0.1) is 4.92 Å². The van der Waals surface area contributed by atoms with E-state index in [1.165, 1.54) is 0 Å². The fourth-order valence-corrected chi connectivity index (χ4v) is 1.53. The van der Waals surface area contributed by atoms with Crippen molar-refractivity contribution in [2.45, 2.75) is 20.8 Å². The molecule has 0 heterocycles. The Kier molecular flexibility index (Phi) is 3.06. The Bertz CT molecular complexity index is 361. The largest absolute Gasteiger partial charge is 0.380 e. The molecule has 1 N–H and O–H groups in total. The zero-order chi connectivity index (χ0) is 10.7. The van der Waals surface area contributed by atoms with Crippen molar-refractivity contribution < 1.29 is 4.92 Å². The second kappa shape index (κ2) is 4.09. The minimum absolute atomic E-state index is 0.178. The molecule has 1 rings (SSSR count). The molecule has 0 aliphatic carbocycles. The number of nitrogens with zero attached hydrogens (tertiary/aromatic N) is 1. The second-order valence-electron chi connectivity index (χ2n) is 3.27. The Labute approximate surface area is 83.1 Å². The van der Waals surface area contributed by atoms with Gasteiger partial charge < -0.3 is 5.32 Å². The lowest BCUT2D eigenvalue weighted by Crippen LogP contribution is -2.03. The van der Waals surface area contributed by atoms with Gasteiger partial charge in [-0.1, -0.05) is 0 Å². The number of aryl methyl sites for hydroxylation is 2. The van der Waals surface area contributed by atoms with E-state index in [4.69, 9.17) is 0 Å². The maximum absolute atomic E-state index is 10.8. The molecule has 4 heteroatoms. The van der Waals surface area contributed by atoms with Crippen LogP contribution in [0.3, 0.4) is 0 Å². The molecule has 0 spiro atoms. The molecular formula is C10H14N2O2. The molecule has 14 heavy (non-hydrogen) atoms. The number of nitro groups is 1. The molecule has 1 aromatic carbocycles. The Morgan fingerprint density at radius 3 is 2.57 bits per heavy atom. The van der Waals surface area contributed by atoms with E-state index in [2.05, 4.69) is 5.32 Å². The summed E-state index contributed by atoms with van der Waals surface area (Å²) < 4.78 is 0. The van der Waals surface area contributed by atoms with Crippen LogP contribution in [-0.4, -0.2) is 11.5 Å². The fraction of sp³-hybridized carbons (Fsp3) is 0.400. The first kappa shape index (κ1) is 10.5. The van der Waals surface area contributed by atoms with Crippen LogP contribution in [0.4, 0.5) is 11.4 Å². The first-order valence-corrected chi connectivity index (χ1v) is 4.55. The Morgan fingerprint density at radius 2 is 2.07 bits per heavy atom. The number of benzene rings is 1. The number of hydrogen-bond acceptors (Lipinski definition) is 3. The summed E-state index contributed by atoms with van der Waals surface area (Å²) in [5.74, 6) is 0. The van der Waals surface area contributed by atoms with Crippen LogP contribution >= 0.6 is 0 Å². The SMILES string of the molecule is CCNc1cc(C)cc(C)c1[N+](=O)[O-]. The average Bonchev–Trinajstić information content (AvgIpc) is 2.01. The predicted octanol–water partition coefficient (Wildman–Crippen LogP) is 2.64. The summed E-state index contributed by atoms with van der Waals surface area (Å²) in [6.07, 6.45) is 0. The van der Waals surface area contributed by atoms with Gasteiger partial charge in [-0.2, -0.15) is 0 Å². The second-order valence-corrected chi connectivity index (χ2v) is 3.27. The average molecular weight is 194 g/mol. The van der Waals surface area contributed by atoms with Crippen molar-refractivity contribution in [2.24, 2.45) is 0 Å². The summed E-state index contributed by atoms with van der Waals surface area (Å²) in [7, 11) is 0. The van der Waals surface area contributed by atoms with Crippen LogP contribution in [0.1, 0.15) is 18.1 Å². The van der Waals surface area contributed by atoms with Crippen LogP contribution in [0.25, 0.3) is 0 Å². The van der Waals surface area contributed by atoms with E-state index >= 15 is 0 Å². The molecular weight excluding hydrogens is 180 g/mol. The molecule has 0 saturated heterocycles. The molecule has 0 amide bonds. The van der Waals surface area contributed by atoms with Gasteiger partial charge in [0.25, 0.3) is 5.69 Å². The lowest BCUT2D eigenvalue weighted by atomic mass is 10.1. The highest BCUT2D eigenvalue weighted by Crippen LogP contribution is 2.29. The van der Waals surface area contributed by atoms with Gasteiger partial charge in [0, 0.05) is 12.1 Å². The quantitative estimate of drug-likeness (QED) is 0.594. The van der Waals surface area contributed by atoms with Crippen molar-refractivity contribution in [1.82, 2.24) is 0 Å². The predicted molar refractivity (Wildman–Crippen MR) is 56.7 cm³/mol. The molecule has 0 fully saturated rings. The first-order chi connectivity index (χ1) is 6.56. The number of anilines is 1. The summed E-state index contributed by atoms with van der Waals surface area (Å²) in [6.45, 7) is 6.29. The van der Waals surface area contributed by atoms with E-state index in [0.717, 1.165) is 5.56 Å². The highest BCUT2D eigenvalue weighted by Gasteiger charge is 2.16. The zero-order valence-corrected chi connectivity index (χ0v) is 8.63. The molecule has 0 unspecified atom stereocenters. The van der Waals surface area contributed by atoms with Gasteiger partial charge in [0.2, 0.25) is 0 Å². The van der Waals surface area contributed by atoms with Gasteiger partial charge in [0.15, 0.2) is 0 Å². The highest BCUT2D eigenvalue weighted by molar-refractivity contribution is 5.66. The normalized spacial score (nSPS) is 9.93. The van der Waals surface area contributed by atoms with Crippen LogP contribution in [0, 0.1) is 24.0 Å². The molecule has 0 saturated carbocycles. The molecule has 76 valence electrons. The first-order valence-electron chi connectivity index (χ1n) is 4.55.